The fourth-order valence-corrected chi connectivity index (χ4v) is 3.64. The molecule has 3 rings (SSSR count). The number of nitrogens with zero attached hydrogens (tertiary/aromatic N) is 4. The van der Waals surface area contributed by atoms with Crippen molar-refractivity contribution in [3.63, 3.8) is 0 Å². The van der Waals surface area contributed by atoms with Crippen LogP contribution in [0.5, 0.6) is 0 Å². The molecule has 0 spiro atoms. The van der Waals surface area contributed by atoms with Crippen LogP contribution in [0, 0.1) is 5.92 Å². The van der Waals surface area contributed by atoms with Crippen LogP contribution in [-0.2, 0) is 11.3 Å². The molecule has 0 bridgehead atoms. The molecule has 25 heavy (non-hydrogen) atoms. The SMILES string of the molecule is CC(C)C[C@H](N)C(=O)N1CCN(Cc2nc(-c3cccs3)no2)CC1. The van der Waals surface area contributed by atoms with E-state index in [4.69, 9.17) is 10.3 Å². The molecule has 3 heterocycles. The second kappa shape index (κ2) is 8.07. The van der Waals surface area contributed by atoms with E-state index >= 15 is 0 Å². The van der Waals surface area contributed by atoms with Gasteiger partial charge in [-0.05, 0) is 23.8 Å². The van der Waals surface area contributed by atoms with Gasteiger partial charge in [0.2, 0.25) is 17.6 Å². The number of carbonyl (C=O) groups excluding carboxylic acids is 1. The van der Waals surface area contributed by atoms with Crippen molar-refractivity contribution in [3.8, 4) is 10.7 Å². The lowest BCUT2D eigenvalue weighted by molar-refractivity contribution is -0.134. The first-order valence-electron chi connectivity index (χ1n) is 8.66. The summed E-state index contributed by atoms with van der Waals surface area (Å²) in [5.41, 5.74) is 6.02. The van der Waals surface area contributed by atoms with Gasteiger partial charge < -0.3 is 15.2 Å². The van der Waals surface area contributed by atoms with Gasteiger partial charge in [0, 0.05) is 26.2 Å². The summed E-state index contributed by atoms with van der Waals surface area (Å²) in [7, 11) is 0. The Morgan fingerprint density at radius 2 is 2.12 bits per heavy atom. The van der Waals surface area contributed by atoms with Gasteiger partial charge in [-0.3, -0.25) is 9.69 Å². The van der Waals surface area contributed by atoms with E-state index in [1.807, 2.05) is 22.4 Å². The Bertz CT molecular complexity index is 677. The van der Waals surface area contributed by atoms with Crippen LogP contribution in [0.4, 0.5) is 0 Å². The molecule has 0 aliphatic carbocycles. The highest BCUT2D eigenvalue weighted by Gasteiger charge is 2.26. The summed E-state index contributed by atoms with van der Waals surface area (Å²) in [6, 6.07) is 3.55. The van der Waals surface area contributed by atoms with Gasteiger partial charge >= 0.3 is 0 Å². The topological polar surface area (TPSA) is 88.5 Å². The van der Waals surface area contributed by atoms with E-state index in [1.54, 1.807) is 11.3 Å². The number of rotatable bonds is 6. The number of amides is 1. The smallest absolute Gasteiger partial charge is 0.241 e. The van der Waals surface area contributed by atoms with E-state index in [0.717, 1.165) is 24.4 Å². The van der Waals surface area contributed by atoms with E-state index in [9.17, 15) is 4.79 Å². The van der Waals surface area contributed by atoms with Crippen LogP contribution in [0.3, 0.4) is 0 Å². The molecule has 1 aliphatic rings. The summed E-state index contributed by atoms with van der Waals surface area (Å²) in [6.07, 6.45) is 0.729. The second-order valence-corrected chi connectivity index (χ2v) is 7.77. The minimum absolute atomic E-state index is 0.0612. The third kappa shape index (κ3) is 4.65. The van der Waals surface area contributed by atoms with Gasteiger partial charge in [-0.2, -0.15) is 4.98 Å². The molecule has 136 valence electrons. The van der Waals surface area contributed by atoms with Gasteiger partial charge in [-0.1, -0.05) is 25.1 Å². The van der Waals surface area contributed by atoms with Gasteiger partial charge in [-0.25, -0.2) is 0 Å². The highest BCUT2D eigenvalue weighted by Crippen LogP contribution is 2.21. The summed E-state index contributed by atoms with van der Waals surface area (Å²) in [5.74, 6) is 1.74. The van der Waals surface area contributed by atoms with Crippen molar-refractivity contribution in [1.82, 2.24) is 19.9 Å². The fraction of sp³-hybridized carbons (Fsp3) is 0.588. The Balaban J connectivity index is 1.49. The molecule has 7 nitrogen and oxygen atoms in total. The molecule has 2 N–H and O–H groups in total. The maximum absolute atomic E-state index is 12.4. The monoisotopic (exact) mass is 363 g/mol. The Morgan fingerprint density at radius 1 is 1.36 bits per heavy atom. The Kier molecular flexibility index (Phi) is 5.82. The molecule has 8 heteroatoms. The van der Waals surface area contributed by atoms with Crippen LogP contribution in [-0.4, -0.2) is 58.1 Å². The van der Waals surface area contributed by atoms with Crippen molar-refractivity contribution >= 4 is 17.2 Å². The van der Waals surface area contributed by atoms with Crippen LogP contribution in [0.25, 0.3) is 10.7 Å². The lowest BCUT2D eigenvalue weighted by Crippen LogP contribution is -2.53. The van der Waals surface area contributed by atoms with Crippen molar-refractivity contribution in [2.75, 3.05) is 26.2 Å². The number of aromatic nitrogens is 2. The highest BCUT2D eigenvalue weighted by atomic mass is 32.1. The lowest BCUT2D eigenvalue weighted by atomic mass is 10.0. The molecule has 1 aliphatic heterocycles. The molecule has 0 saturated carbocycles. The number of carbonyl (C=O) groups is 1. The lowest BCUT2D eigenvalue weighted by Gasteiger charge is -2.35. The molecule has 2 aromatic rings. The molecule has 0 aromatic carbocycles. The van der Waals surface area contributed by atoms with E-state index in [0.29, 0.717) is 37.3 Å². The van der Waals surface area contributed by atoms with Crippen molar-refractivity contribution in [3.05, 3.63) is 23.4 Å². The summed E-state index contributed by atoms with van der Waals surface area (Å²) in [6.45, 7) is 7.74. The predicted molar refractivity (Wildman–Crippen MR) is 96.9 cm³/mol. The van der Waals surface area contributed by atoms with E-state index < -0.39 is 6.04 Å². The first kappa shape index (κ1) is 18.0. The average Bonchev–Trinajstić information content (AvgIpc) is 3.25. The largest absolute Gasteiger partial charge is 0.339 e. The van der Waals surface area contributed by atoms with Crippen LogP contribution in [0.1, 0.15) is 26.2 Å². The summed E-state index contributed by atoms with van der Waals surface area (Å²) in [5, 5.41) is 6.03. The standard InChI is InChI=1S/C17H25N5O2S/c1-12(2)10-13(18)17(23)22-7-5-21(6-8-22)11-15-19-16(20-24-15)14-4-3-9-25-14/h3-4,9,12-13H,5-8,10-11,18H2,1-2H3/t13-/m0/s1. The van der Waals surface area contributed by atoms with Crippen molar-refractivity contribution < 1.29 is 9.32 Å². The Hall–Kier alpha value is -1.77. The quantitative estimate of drug-likeness (QED) is 0.842. The minimum Gasteiger partial charge on any atom is -0.339 e. The summed E-state index contributed by atoms with van der Waals surface area (Å²) >= 11 is 1.59. The molecule has 0 unspecified atom stereocenters. The maximum atomic E-state index is 12.4. The van der Waals surface area contributed by atoms with Gasteiger partial charge in [0.05, 0.1) is 17.5 Å². The van der Waals surface area contributed by atoms with Gasteiger partial charge in [0.1, 0.15) is 0 Å². The third-order valence-corrected chi connectivity index (χ3v) is 5.16. The predicted octanol–water partition coefficient (Wildman–Crippen LogP) is 1.82. The summed E-state index contributed by atoms with van der Waals surface area (Å²) in [4.78, 5) is 21.9. The normalized spacial score (nSPS) is 17.2. The average molecular weight is 363 g/mol. The van der Waals surface area contributed by atoms with E-state index in [1.165, 1.54) is 0 Å². The maximum Gasteiger partial charge on any atom is 0.241 e. The van der Waals surface area contributed by atoms with E-state index in [2.05, 4.69) is 28.9 Å². The van der Waals surface area contributed by atoms with Gasteiger partial charge in [0.25, 0.3) is 0 Å². The van der Waals surface area contributed by atoms with Crippen LogP contribution in [0.2, 0.25) is 0 Å². The van der Waals surface area contributed by atoms with Crippen LogP contribution < -0.4 is 5.73 Å². The third-order valence-electron chi connectivity index (χ3n) is 4.30. The number of hydrogen-bond donors (Lipinski definition) is 1. The molecular formula is C17H25N5O2S. The van der Waals surface area contributed by atoms with Crippen molar-refractivity contribution in [2.45, 2.75) is 32.9 Å². The molecule has 0 radical (unpaired) electrons. The van der Waals surface area contributed by atoms with Crippen LogP contribution >= 0.6 is 11.3 Å². The summed E-state index contributed by atoms with van der Waals surface area (Å²) < 4.78 is 5.35. The Morgan fingerprint density at radius 3 is 2.76 bits per heavy atom. The highest BCUT2D eigenvalue weighted by molar-refractivity contribution is 7.13. The second-order valence-electron chi connectivity index (χ2n) is 6.83. The first-order valence-corrected chi connectivity index (χ1v) is 9.54. The zero-order valence-electron chi connectivity index (χ0n) is 14.7. The molecule has 1 atom stereocenters. The van der Waals surface area contributed by atoms with Crippen molar-refractivity contribution in [2.24, 2.45) is 11.7 Å². The number of piperazine rings is 1. The number of hydrogen-bond acceptors (Lipinski definition) is 7. The zero-order chi connectivity index (χ0) is 17.8. The fourth-order valence-electron chi connectivity index (χ4n) is 2.99. The molecule has 2 aromatic heterocycles. The molecule has 1 fully saturated rings. The first-order chi connectivity index (χ1) is 12.0. The molecule has 1 amide bonds. The molecular weight excluding hydrogens is 338 g/mol. The Labute approximate surface area is 151 Å². The van der Waals surface area contributed by atoms with Gasteiger partial charge in [0.15, 0.2) is 0 Å². The number of nitrogens with two attached hydrogens (primary N) is 1. The zero-order valence-corrected chi connectivity index (χ0v) is 15.5. The van der Waals surface area contributed by atoms with Gasteiger partial charge in [-0.15, -0.1) is 11.3 Å². The van der Waals surface area contributed by atoms with Crippen LogP contribution in [0.15, 0.2) is 22.0 Å². The molecule has 1 saturated heterocycles. The van der Waals surface area contributed by atoms with Crippen molar-refractivity contribution in [1.29, 1.82) is 0 Å². The number of thiophene rings is 1. The van der Waals surface area contributed by atoms with E-state index in [-0.39, 0.29) is 5.91 Å². The minimum atomic E-state index is -0.393.